The van der Waals surface area contributed by atoms with Gasteiger partial charge in [0.25, 0.3) is 5.91 Å². The highest BCUT2D eigenvalue weighted by Crippen LogP contribution is 2.11. The van der Waals surface area contributed by atoms with Crippen molar-refractivity contribution < 1.29 is 4.79 Å². The summed E-state index contributed by atoms with van der Waals surface area (Å²) in [5.74, 6) is -0.209. The molecule has 1 aromatic rings. The summed E-state index contributed by atoms with van der Waals surface area (Å²) in [5, 5.41) is 3.64. The van der Waals surface area contributed by atoms with Gasteiger partial charge in [-0.2, -0.15) is 5.10 Å². The molecule has 1 N–H and O–H groups in total. The van der Waals surface area contributed by atoms with Crippen LogP contribution in [0.2, 0.25) is 0 Å². The molecule has 0 aliphatic rings. The average molecular weight is 241 g/mol. The first kappa shape index (κ1) is 9.92. The molecule has 0 aliphatic heterocycles. The first-order chi connectivity index (χ1) is 6.24. The fourth-order valence-electron chi connectivity index (χ4n) is 0.817. The van der Waals surface area contributed by atoms with E-state index in [9.17, 15) is 4.79 Å². The van der Waals surface area contributed by atoms with Crippen LogP contribution in [0.3, 0.4) is 0 Å². The van der Waals surface area contributed by atoms with Crippen LogP contribution in [-0.4, -0.2) is 12.1 Å². The van der Waals surface area contributed by atoms with Crippen LogP contribution in [0.4, 0.5) is 0 Å². The number of benzene rings is 1. The third-order valence-electron chi connectivity index (χ3n) is 1.38. The van der Waals surface area contributed by atoms with Crippen LogP contribution >= 0.6 is 15.9 Å². The second-order valence-electron chi connectivity index (χ2n) is 2.34. The highest BCUT2D eigenvalue weighted by Gasteiger charge is 2.02. The third-order valence-corrected chi connectivity index (χ3v) is 1.88. The minimum atomic E-state index is -0.209. The number of carbonyl (C=O) groups is 1. The maximum atomic E-state index is 11.3. The maximum absolute atomic E-state index is 11.3. The lowest BCUT2D eigenvalue weighted by molar-refractivity contribution is 0.0955. The van der Waals surface area contributed by atoms with Gasteiger partial charge in [0.1, 0.15) is 0 Å². The van der Waals surface area contributed by atoms with E-state index in [1.54, 1.807) is 25.1 Å². The highest BCUT2D eigenvalue weighted by atomic mass is 79.9. The molecule has 0 atom stereocenters. The first-order valence-electron chi connectivity index (χ1n) is 3.77. The third kappa shape index (κ3) is 2.99. The molecule has 4 heteroatoms. The van der Waals surface area contributed by atoms with E-state index in [0.717, 1.165) is 4.47 Å². The Morgan fingerprint density at radius 3 is 3.00 bits per heavy atom. The Hall–Kier alpha value is -1.16. The van der Waals surface area contributed by atoms with Crippen molar-refractivity contribution >= 4 is 28.1 Å². The zero-order valence-electron chi connectivity index (χ0n) is 7.12. The monoisotopic (exact) mass is 240 g/mol. The van der Waals surface area contributed by atoms with Crippen molar-refractivity contribution in [2.45, 2.75) is 6.92 Å². The van der Waals surface area contributed by atoms with Gasteiger partial charge in [0, 0.05) is 16.3 Å². The Bertz CT molecular complexity index is 336. The molecule has 68 valence electrons. The summed E-state index contributed by atoms with van der Waals surface area (Å²) in [7, 11) is 0. The van der Waals surface area contributed by atoms with Crippen molar-refractivity contribution in [1.29, 1.82) is 0 Å². The average Bonchev–Trinajstić information content (AvgIpc) is 2.14. The van der Waals surface area contributed by atoms with Gasteiger partial charge in [-0.05, 0) is 25.1 Å². The molecule has 0 saturated carbocycles. The first-order valence-corrected chi connectivity index (χ1v) is 4.57. The van der Waals surface area contributed by atoms with E-state index < -0.39 is 0 Å². The van der Waals surface area contributed by atoms with Gasteiger partial charge in [0.05, 0.1) is 0 Å². The van der Waals surface area contributed by atoms with Crippen LogP contribution in [0.15, 0.2) is 33.8 Å². The minimum Gasteiger partial charge on any atom is -0.267 e. The predicted molar refractivity (Wildman–Crippen MR) is 55.8 cm³/mol. The molecule has 0 spiro atoms. The summed E-state index contributed by atoms with van der Waals surface area (Å²) in [6.45, 7) is 1.74. The fraction of sp³-hybridized carbons (Fsp3) is 0.111. The smallest absolute Gasteiger partial charge is 0.267 e. The molecule has 13 heavy (non-hydrogen) atoms. The number of hydrogen-bond donors (Lipinski definition) is 1. The minimum absolute atomic E-state index is 0.209. The molecule has 0 aliphatic carbocycles. The fourth-order valence-corrected chi connectivity index (χ4v) is 1.22. The van der Waals surface area contributed by atoms with E-state index in [0.29, 0.717) is 5.56 Å². The number of carbonyl (C=O) groups excluding carboxylic acids is 1. The number of hydrogen-bond acceptors (Lipinski definition) is 2. The van der Waals surface area contributed by atoms with Crippen molar-refractivity contribution in [2.75, 3.05) is 0 Å². The van der Waals surface area contributed by atoms with Crippen LogP contribution in [0, 0.1) is 0 Å². The van der Waals surface area contributed by atoms with Gasteiger partial charge >= 0.3 is 0 Å². The zero-order valence-corrected chi connectivity index (χ0v) is 8.71. The van der Waals surface area contributed by atoms with E-state index in [2.05, 4.69) is 26.5 Å². The molecule has 0 unspecified atom stereocenters. The van der Waals surface area contributed by atoms with E-state index in [-0.39, 0.29) is 5.91 Å². The quantitative estimate of drug-likeness (QED) is 0.625. The Morgan fingerprint density at radius 1 is 1.62 bits per heavy atom. The van der Waals surface area contributed by atoms with Crippen LogP contribution < -0.4 is 5.43 Å². The lowest BCUT2D eigenvalue weighted by Gasteiger charge is -1.99. The molecular formula is C9H9BrN2O. The van der Waals surface area contributed by atoms with Gasteiger partial charge in [0.15, 0.2) is 0 Å². The molecule has 1 amide bonds. The number of rotatable bonds is 2. The van der Waals surface area contributed by atoms with Gasteiger partial charge in [-0.15, -0.1) is 0 Å². The van der Waals surface area contributed by atoms with Gasteiger partial charge < -0.3 is 0 Å². The van der Waals surface area contributed by atoms with Crippen LogP contribution in [-0.2, 0) is 0 Å². The van der Waals surface area contributed by atoms with Crippen LogP contribution in [0.1, 0.15) is 17.3 Å². The van der Waals surface area contributed by atoms with E-state index in [4.69, 9.17) is 0 Å². The van der Waals surface area contributed by atoms with Crippen LogP contribution in [0.25, 0.3) is 0 Å². The molecule has 0 fully saturated rings. The topological polar surface area (TPSA) is 41.5 Å². The largest absolute Gasteiger partial charge is 0.271 e. The van der Waals surface area contributed by atoms with Gasteiger partial charge in [-0.1, -0.05) is 22.0 Å². The van der Waals surface area contributed by atoms with Crippen molar-refractivity contribution in [3.63, 3.8) is 0 Å². The highest BCUT2D eigenvalue weighted by molar-refractivity contribution is 9.10. The summed E-state index contributed by atoms with van der Waals surface area (Å²) in [6.07, 6.45) is 1.52. The Kier molecular flexibility index (Phi) is 3.64. The van der Waals surface area contributed by atoms with Gasteiger partial charge in [-0.25, -0.2) is 5.43 Å². The van der Waals surface area contributed by atoms with Crippen molar-refractivity contribution in [2.24, 2.45) is 5.10 Å². The normalized spacial score (nSPS) is 10.3. The summed E-state index contributed by atoms with van der Waals surface area (Å²) in [4.78, 5) is 11.3. The van der Waals surface area contributed by atoms with Crippen LogP contribution in [0.5, 0.6) is 0 Å². The van der Waals surface area contributed by atoms with Crippen molar-refractivity contribution in [1.82, 2.24) is 5.43 Å². The van der Waals surface area contributed by atoms with Gasteiger partial charge in [-0.3, -0.25) is 4.79 Å². The van der Waals surface area contributed by atoms with Crippen molar-refractivity contribution in [3.05, 3.63) is 34.3 Å². The number of amides is 1. The second kappa shape index (κ2) is 4.77. The molecule has 0 heterocycles. The van der Waals surface area contributed by atoms with E-state index >= 15 is 0 Å². The molecule has 0 radical (unpaired) electrons. The maximum Gasteiger partial charge on any atom is 0.271 e. The van der Waals surface area contributed by atoms with Crippen molar-refractivity contribution in [3.8, 4) is 0 Å². The molecular weight excluding hydrogens is 232 g/mol. The lowest BCUT2D eigenvalue weighted by atomic mass is 10.2. The molecule has 1 aromatic carbocycles. The summed E-state index contributed by atoms with van der Waals surface area (Å²) in [6, 6.07) is 7.13. The lowest BCUT2D eigenvalue weighted by Crippen LogP contribution is -2.16. The number of halogens is 1. The molecule has 1 rings (SSSR count). The number of nitrogens with one attached hydrogen (secondary N) is 1. The molecule has 3 nitrogen and oxygen atoms in total. The molecule has 0 aromatic heterocycles. The number of nitrogens with zero attached hydrogens (tertiary/aromatic N) is 1. The summed E-state index contributed by atoms with van der Waals surface area (Å²) < 4.78 is 0.876. The standard InChI is InChI=1S/C9H9BrN2O/c1-2-11-12-9(13)7-4-3-5-8(10)6-7/h2-6H,1H3,(H,12,13)/b11-2-. The van der Waals surface area contributed by atoms with Gasteiger partial charge in [0.2, 0.25) is 0 Å². The molecule has 0 saturated heterocycles. The second-order valence-corrected chi connectivity index (χ2v) is 3.25. The SMILES string of the molecule is C/C=N\NC(=O)c1cccc(Br)c1. The number of hydrazone groups is 1. The predicted octanol–water partition coefficient (Wildman–Crippen LogP) is 2.18. The van der Waals surface area contributed by atoms with E-state index in [1.807, 2.05) is 6.07 Å². The summed E-state index contributed by atoms with van der Waals surface area (Å²) in [5.41, 5.74) is 2.97. The van der Waals surface area contributed by atoms with E-state index in [1.165, 1.54) is 6.21 Å². The Balaban J connectivity index is 2.77. The Morgan fingerprint density at radius 2 is 2.38 bits per heavy atom. The molecule has 0 bridgehead atoms. The summed E-state index contributed by atoms with van der Waals surface area (Å²) >= 11 is 3.28. The zero-order chi connectivity index (χ0) is 9.68. The Labute approximate surface area is 85.0 Å².